The highest BCUT2D eigenvalue weighted by Crippen LogP contribution is 2.41. The quantitative estimate of drug-likeness (QED) is 0.877. The fraction of sp³-hybridized carbons (Fsp3) is 0.333. The van der Waals surface area contributed by atoms with Crippen molar-refractivity contribution in [3.63, 3.8) is 0 Å². The molecule has 2 aromatic rings. The Hall–Kier alpha value is -1.74. The first-order valence-electron chi connectivity index (χ1n) is 7.32. The van der Waals surface area contributed by atoms with Gasteiger partial charge in [0.1, 0.15) is 11.6 Å². The van der Waals surface area contributed by atoms with E-state index in [9.17, 15) is 8.78 Å². The van der Waals surface area contributed by atoms with Crippen molar-refractivity contribution in [2.24, 2.45) is 5.73 Å². The fourth-order valence-electron chi connectivity index (χ4n) is 3.35. The van der Waals surface area contributed by atoms with Gasteiger partial charge in [-0.05, 0) is 60.1 Å². The average molecular weight is 287 g/mol. The third-order valence-corrected chi connectivity index (χ3v) is 4.57. The van der Waals surface area contributed by atoms with E-state index in [4.69, 9.17) is 5.73 Å². The van der Waals surface area contributed by atoms with E-state index >= 15 is 0 Å². The molecule has 2 unspecified atom stereocenters. The number of benzene rings is 2. The normalized spacial score (nSPS) is 24.7. The van der Waals surface area contributed by atoms with Gasteiger partial charge in [0.2, 0.25) is 0 Å². The maximum atomic E-state index is 13.9. The average Bonchev–Trinajstić information content (AvgIpc) is 2.48. The Morgan fingerprint density at radius 3 is 2.76 bits per heavy atom. The van der Waals surface area contributed by atoms with E-state index in [1.54, 1.807) is 0 Å². The molecule has 1 aliphatic carbocycles. The van der Waals surface area contributed by atoms with Crippen molar-refractivity contribution in [3.05, 3.63) is 70.8 Å². The molecule has 0 fully saturated rings. The summed E-state index contributed by atoms with van der Waals surface area (Å²) in [5.74, 6) is -0.361. The van der Waals surface area contributed by atoms with Crippen LogP contribution in [0.5, 0.6) is 0 Å². The Balaban J connectivity index is 2.02. The van der Waals surface area contributed by atoms with Crippen molar-refractivity contribution in [1.29, 1.82) is 0 Å². The number of fused-ring (bicyclic) bond motifs is 1. The molecule has 0 spiro atoms. The van der Waals surface area contributed by atoms with Crippen molar-refractivity contribution in [3.8, 4) is 0 Å². The summed E-state index contributed by atoms with van der Waals surface area (Å²) in [5.41, 5.74) is 8.60. The smallest absolute Gasteiger partial charge is 0.126 e. The third kappa shape index (κ3) is 2.58. The summed E-state index contributed by atoms with van der Waals surface area (Å²) < 4.78 is 27.3. The van der Waals surface area contributed by atoms with E-state index in [0.29, 0.717) is 17.9 Å². The first-order valence-corrected chi connectivity index (χ1v) is 7.32. The summed E-state index contributed by atoms with van der Waals surface area (Å²) in [7, 11) is 0. The Morgan fingerprint density at radius 2 is 1.95 bits per heavy atom. The fourth-order valence-corrected chi connectivity index (χ4v) is 3.35. The van der Waals surface area contributed by atoms with Crippen LogP contribution in [0.2, 0.25) is 0 Å². The van der Waals surface area contributed by atoms with Crippen LogP contribution in [0.1, 0.15) is 42.4 Å². The van der Waals surface area contributed by atoms with Crippen molar-refractivity contribution >= 4 is 0 Å². The van der Waals surface area contributed by atoms with Crippen molar-refractivity contribution < 1.29 is 8.78 Å². The Morgan fingerprint density at radius 1 is 1.19 bits per heavy atom. The summed E-state index contributed by atoms with van der Waals surface area (Å²) >= 11 is 0. The summed E-state index contributed by atoms with van der Waals surface area (Å²) in [4.78, 5) is 0. The molecule has 3 rings (SSSR count). The second kappa shape index (κ2) is 5.23. The molecule has 0 radical (unpaired) electrons. The zero-order valence-electron chi connectivity index (χ0n) is 12.1. The van der Waals surface area contributed by atoms with E-state index in [1.807, 2.05) is 18.2 Å². The molecule has 0 saturated heterocycles. The number of hydrogen-bond donors (Lipinski definition) is 1. The summed E-state index contributed by atoms with van der Waals surface area (Å²) in [5, 5.41) is 0. The molecule has 3 heteroatoms. The van der Waals surface area contributed by atoms with Gasteiger partial charge in [0, 0.05) is 5.54 Å². The predicted octanol–water partition coefficient (Wildman–Crippen LogP) is 4.26. The van der Waals surface area contributed by atoms with Crippen LogP contribution in [-0.4, -0.2) is 0 Å². The minimum atomic E-state index is -0.627. The van der Waals surface area contributed by atoms with Crippen LogP contribution in [0.15, 0.2) is 42.5 Å². The highest BCUT2D eigenvalue weighted by atomic mass is 19.1. The minimum absolute atomic E-state index is 0.320. The largest absolute Gasteiger partial charge is 0.321 e. The zero-order valence-corrected chi connectivity index (χ0v) is 12.1. The second-order valence-electron chi connectivity index (χ2n) is 6.10. The van der Waals surface area contributed by atoms with E-state index in [1.165, 1.54) is 17.7 Å². The third-order valence-electron chi connectivity index (χ3n) is 4.57. The van der Waals surface area contributed by atoms with Gasteiger partial charge in [-0.15, -0.1) is 0 Å². The lowest BCUT2D eigenvalue weighted by atomic mass is 9.70. The predicted molar refractivity (Wildman–Crippen MR) is 80.0 cm³/mol. The zero-order chi connectivity index (χ0) is 15.0. The van der Waals surface area contributed by atoms with Gasteiger partial charge in [-0.25, -0.2) is 8.78 Å². The van der Waals surface area contributed by atoms with E-state index in [2.05, 4.69) is 13.0 Å². The first kappa shape index (κ1) is 14.2. The Kier molecular flexibility index (Phi) is 3.54. The number of hydrogen-bond acceptors (Lipinski definition) is 1. The van der Waals surface area contributed by atoms with Crippen LogP contribution in [0, 0.1) is 11.6 Å². The molecule has 1 nitrogen and oxygen atoms in total. The highest BCUT2D eigenvalue weighted by molar-refractivity contribution is 5.40. The van der Waals surface area contributed by atoms with Gasteiger partial charge in [-0.1, -0.05) is 31.2 Å². The second-order valence-corrected chi connectivity index (χ2v) is 6.10. The van der Waals surface area contributed by atoms with Gasteiger partial charge in [-0.3, -0.25) is 0 Å². The molecule has 2 aromatic carbocycles. The van der Waals surface area contributed by atoms with E-state index in [0.717, 1.165) is 24.5 Å². The summed E-state index contributed by atoms with van der Waals surface area (Å²) in [6.45, 7) is 2.18. The topological polar surface area (TPSA) is 26.0 Å². The van der Waals surface area contributed by atoms with E-state index < -0.39 is 17.2 Å². The lowest BCUT2D eigenvalue weighted by Crippen LogP contribution is -2.43. The minimum Gasteiger partial charge on any atom is -0.321 e. The first-order chi connectivity index (χ1) is 9.99. The van der Waals surface area contributed by atoms with Gasteiger partial charge in [0.25, 0.3) is 0 Å². The van der Waals surface area contributed by atoms with Gasteiger partial charge in [-0.2, -0.15) is 0 Å². The Labute approximate surface area is 123 Å². The number of nitrogens with two attached hydrogens (primary N) is 1. The molecule has 0 amide bonds. The van der Waals surface area contributed by atoms with Crippen LogP contribution in [-0.2, 0) is 12.0 Å². The molecule has 0 aliphatic heterocycles. The van der Waals surface area contributed by atoms with Crippen LogP contribution < -0.4 is 5.73 Å². The molecular formula is C18H19F2N. The van der Waals surface area contributed by atoms with E-state index in [-0.39, 0.29) is 0 Å². The maximum absolute atomic E-state index is 13.9. The van der Waals surface area contributed by atoms with Gasteiger partial charge in [0.05, 0.1) is 0 Å². The standard InChI is InChI=1S/C18H19F2N/c1-12-8-9-18(21,16-5-3-2-4-15(12)16)11-13-10-14(19)6-7-17(13)20/h2-7,10,12H,8-9,11,21H2,1H3. The summed E-state index contributed by atoms with van der Waals surface area (Å²) in [6.07, 6.45) is 2.06. The highest BCUT2D eigenvalue weighted by Gasteiger charge is 2.35. The number of rotatable bonds is 2. The van der Waals surface area contributed by atoms with Crippen LogP contribution >= 0.6 is 0 Å². The van der Waals surface area contributed by atoms with Crippen LogP contribution in [0.3, 0.4) is 0 Å². The number of halogens is 2. The Bertz CT molecular complexity index is 668. The van der Waals surface area contributed by atoms with Gasteiger partial charge in [0.15, 0.2) is 0 Å². The van der Waals surface area contributed by atoms with Gasteiger partial charge < -0.3 is 5.73 Å². The maximum Gasteiger partial charge on any atom is 0.126 e. The molecule has 21 heavy (non-hydrogen) atoms. The molecule has 0 aromatic heterocycles. The lowest BCUT2D eigenvalue weighted by molar-refractivity contribution is 0.344. The molecule has 2 N–H and O–H groups in total. The van der Waals surface area contributed by atoms with Crippen LogP contribution in [0.25, 0.3) is 0 Å². The van der Waals surface area contributed by atoms with Crippen LogP contribution in [0.4, 0.5) is 8.78 Å². The summed E-state index contributed by atoms with van der Waals surface area (Å²) in [6, 6.07) is 11.6. The molecule has 0 bridgehead atoms. The van der Waals surface area contributed by atoms with Crippen molar-refractivity contribution in [2.75, 3.05) is 0 Å². The lowest BCUT2D eigenvalue weighted by Gasteiger charge is -2.38. The van der Waals surface area contributed by atoms with Gasteiger partial charge >= 0.3 is 0 Å². The molecule has 2 atom stereocenters. The van der Waals surface area contributed by atoms with Crippen molar-refractivity contribution in [1.82, 2.24) is 0 Å². The SMILES string of the molecule is CC1CCC(N)(Cc2cc(F)ccc2F)c2ccccc21. The molecular weight excluding hydrogens is 268 g/mol. The molecule has 110 valence electrons. The molecule has 0 heterocycles. The monoisotopic (exact) mass is 287 g/mol. The van der Waals surface area contributed by atoms with Crippen molar-refractivity contribution in [2.45, 2.75) is 37.6 Å². The molecule has 0 saturated carbocycles. The molecule has 1 aliphatic rings.